The fourth-order valence-electron chi connectivity index (χ4n) is 3.21. The zero-order chi connectivity index (χ0) is 16.4. The lowest BCUT2D eigenvalue weighted by atomic mass is 10.0. The first-order chi connectivity index (χ1) is 11.1. The maximum Gasteiger partial charge on any atom is 0.308 e. The standard InChI is InChI=1S/C18H19FN2O2/c1-3-10-23-18(22)7-9-21-16-5-4-13(19)11-14(16)15-12-20(2)8-6-17(15)21/h1,4-5,11H,6-10,12H2,2H3. The van der Waals surface area contributed by atoms with E-state index in [1.54, 1.807) is 12.1 Å². The van der Waals surface area contributed by atoms with Crippen molar-refractivity contribution in [2.45, 2.75) is 25.9 Å². The first-order valence-corrected chi connectivity index (χ1v) is 7.67. The number of halogens is 1. The lowest BCUT2D eigenvalue weighted by molar-refractivity contribution is -0.142. The van der Waals surface area contributed by atoms with Gasteiger partial charge in [-0.1, -0.05) is 5.92 Å². The van der Waals surface area contributed by atoms with Crippen LogP contribution in [-0.4, -0.2) is 35.6 Å². The van der Waals surface area contributed by atoms with Gasteiger partial charge in [0, 0.05) is 42.7 Å². The Balaban J connectivity index is 1.93. The molecule has 3 rings (SSSR count). The van der Waals surface area contributed by atoms with Gasteiger partial charge in [-0.2, -0.15) is 0 Å². The Hall–Kier alpha value is -2.32. The van der Waals surface area contributed by atoms with Gasteiger partial charge in [0.25, 0.3) is 0 Å². The first-order valence-electron chi connectivity index (χ1n) is 7.67. The minimum Gasteiger partial charge on any atom is -0.452 e. The SMILES string of the molecule is C#CCOC(=O)CCn1c2c(c3cc(F)ccc31)CN(C)CC2. The Morgan fingerprint density at radius 1 is 1.48 bits per heavy atom. The van der Waals surface area contributed by atoms with E-state index in [0.29, 0.717) is 6.54 Å². The first kappa shape index (κ1) is 15.6. The summed E-state index contributed by atoms with van der Waals surface area (Å²) >= 11 is 0. The highest BCUT2D eigenvalue weighted by Gasteiger charge is 2.22. The molecule has 1 aromatic heterocycles. The summed E-state index contributed by atoms with van der Waals surface area (Å²) in [5.41, 5.74) is 3.31. The number of aromatic nitrogens is 1. The zero-order valence-corrected chi connectivity index (χ0v) is 13.1. The molecule has 0 atom stereocenters. The summed E-state index contributed by atoms with van der Waals surface area (Å²) in [6.07, 6.45) is 6.23. The number of aryl methyl sites for hydroxylation is 1. The summed E-state index contributed by atoms with van der Waals surface area (Å²) in [7, 11) is 2.06. The summed E-state index contributed by atoms with van der Waals surface area (Å²) in [6.45, 7) is 2.27. The van der Waals surface area contributed by atoms with Gasteiger partial charge in [0.05, 0.1) is 6.42 Å². The van der Waals surface area contributed by atoms with E-state index in [2.05, 4.69) is 22.4 Å². The molecule has 1 aromatic carbocycles. The highest BCUT2D eigenvalue weighted by Crippen LogP contribution is 2.31. The number of fused-ring (bicyclic) bond motifs is 3. The molecule has 4 nitrogen and oxygen atoms in total. The van der Waals surface area contributed by atoms with Crippen LogP contribution in [0.1, 0.15) is 17.7 Å². The van der Waals surface area contributed by atoms with E-state index in [-0.39, 0.29) is 24.8 Å². The molecule has 0 radical (unpaired) electrons. The second-order valence-corrected chi connectivity index (χ2v) is 5.84. The van der Waals surface area contributed by atoms with Crippen LogP contribution in [0.3, 0.4) is 0 Å². The molecule has 0 spiro atoms. The van der Waals surface area contributed by atoms with Crippen molar-refractivity contribution in [2.75, 3.05) is 20.2 Å². The highest BCUT2D eigenvalue weighted by atomic mass is 19.1. The number of likely N-dealkylation sites (N-methyl/N-ethyl adjacent to an activating group) is 1. The smallest absolute Gasteiger partial charge is 0.308 e. The Morgan fingerprint density at radius 2 is 2.30 bits per heavy atom. The molecular weight excluding hydrogens is 295 g/mol. The van der Waals surface area contributed by atoms with E-state index < -0.39 is 0 Å². The number of ether oxygens (including phenoxy) is 1. The number of rotatable bonds is 4. The van der Waals surface area contributed by atoms with Gasteiger partial charge in [-0.15, -0.1) is 6.42 Å². The molecule has 120 valence electrons. The summed E-state index contributed by atoms with van der Waals surface area (Å²) in [5, 5.41) is 0.934. The van der Waals surface area contributed by atoms with Crippen molar-refractivity contribution in [2.24, 2.45) is 0 Å². The second kappa shape index (κ2) is 6.43. The lowest BCUT2D eigenvalue weighted by Crippen LogP contribution is -2.27. The van der Waals surface area contributed by atoms with Crippen molar-refractivity contribution in [3.63, 3.8) is 0 Å². The molecule has 2 aromatic rings. The van der Waals surface area contributed by atoms with Gasteiger partial charge in [0.1, 0.15) is 5.82 Å². The molecule has 0 saturated carbocycles. The van der Waals surface area contributed by atoms with Crippen molar-refractivity contribution >= 4 is 16.9 Å². The third-order valence-corrected chi connectivity index (χ3v) is 4.26. The normalized spacial score (nSPS) is 14.5. The second-order valence-electron chi connectivity index (χ2n) is 5.84. The number of benzene rings is 1. The zero-order valence-electron chi connectivity index (χ0n) is 13.1. The predicted octanol–water partition coefficient (Wildman–Crippen LogP) is 2.33. The number of terminal acetylenes is 1. The van der Waals surface area contributed by atoms with E-state index in [9.17, 15) is 9.18 Å². The third-order valence-electron chi connectivity index (χ3n) is 4.26. The lowest BCUT2D eigenvalue weighted by Gasteiger charge is -2.24. The number of carbonyl (C=O) groups excluding carboxylic acids is 1. The average molecular weight is 314 g/mol. The molecule has 0 amide bonds. The van der Waals surface area contributed by atoms with Gasteiger partial charge in [-0.3, -0.25) is 4.79 Å². The third kappa shape index (κ3) is 3.08. The topological polar surface area (TPSA) is 34.5 Å². The van der Waals surface area contributed by atoms with Gasteiger partial charge >= 0.3 is 5.97 Å². The summed E-state index contributed by atoms with van der Waals surface area (Å²) < 4.78 is 20.7. The molecule has 0 N–H and O–H groups in total. The van der Waals surface area contributed by atoms with Crippen molar-refractivity contribution < 1.29 is 13.9 Å². The van der Waals surface area contributed by atoms with E-state index >= 15 is 0 Å². The molecule has 0 saturated heterocycles. The molecule has 0 unspecified atom stereocenters. The molecule has 1 aliphatic heterocycles. The highest BCUT2D eigenvalue weighted by molar-refractivity contribution is 5.86. The van der Waals surface area contributed by atoms with E-state index in [1.807, 2.05) is 0 Å². The van der Waals surface area contributed by atoms with Crippen LogP contribution in [0.2, 0.25) is 0 Å². The van der Waals surface area contributed by atoms with Crippen LogP contribution in [0, 0.1) is 18.2 Å². The molecule has 2 heterocycles. The fourth-order valence-corrected chi connectivity index (χ4v) is 3.21. The molecule has 0 aliphatic carbocycles. The van der Waals surface area contributed by atoms with Crippen molar-refractivity contribution in [3.05, 3.63) is 35.3 Å². The van der Waals surface area contributed by atoms with Gasteiger partial charge < -0.3 is 14.2 Å². The summed E-state index contributed by atoms with van der Waals surface area (Å²) in [6, 6.07) is 4.83. The van der Waals surface area contributed by atoms with Crippen molar-refractivity contribution in [1.82, 2.24) is 9.47 Å². The maximum absolute atomic E-state index is 13.7. The van der Waals surface area contributed by atoms with Crippen LogP contribution >= 0.6 is 0 Å². The van der Waals surface area contributed by atoms with Gasteiger partial charge in [0.15, 0.2) is 6.61 Å². The molecule has 5 heteroatoms. The number of hydrogen-bond acceptors (Lipinski definition) is 3. The Bertz CT molecular complexity index is 788. The molecular formula is C18H19FN2O2. The number of esters is 1. The van der Waals surface area contributed by atoms with Gasteiger partial charge in [-0.25, -0.2) is 4.39 Å². The quantitative estimate of drug-likeness (QED) is 0.642. The van der Waals surface area contributed by atoms with Crippen LogP contribution in [0.5, 0.6) is 0 Å². The average Bonchev–Trinajstić information content (AvgIpc) is 2.83. The van der Waals surface area contributed by atoms with Crippen LogP contribution in [0.4, 0.5) is 4.39 Å². The Kier molecular flexibility index (Phi) is 4.35. The monoisotopic (exact) mass is 314 g/mol. The largest absolute Gasteiger partial charge is 0.452 e. The van der Waals surface area contributed by atoms with Crippen LogP contribution in [0.25, 0.3) is 10.9 Å². The number of hydrogen-bond donors (Lipinski definition) is 0. The van der Waals surface area contributed by atoms with Crippen molar-refractivity contribution in [3.8, 4) is 12.3 Å². The molecule has 0 fully saturated rings. The molecule has 0 bridgehead atoms. The number of nitrogens with zero attached hydrogens (tertiary/aromatic N) is 2. The van der Waals surface area contributed by atoms with Crippen molar-refractivity contribution in [1.29, 1.82) is 0 Å². The summed E-state index contributed by atoms with van der Waals surface area (Å²) in [5.74, 6) is 1.74. The van der Waals surface area contributed by atoms with E-state index in [4.69, 9.17) is 11.2 Å². The number of carbonyl (C=O) groups is 1. The Labute approximate surface area is 134 Å². The molecule has 1 aliphatic rings. The maximum atomic E-state index is 13.7. The summed E-state index contributed by atoms with van der Waals surface area (Å²) in [4.78, 5) is 13.9. The van der Waals surface area contributed by atoms with Crippen LogP contribution in [0.15, 0.2) is 18.2 Å². The van der Waals surface area contributed by atoms with Crippen LogP contribution in [-0.2, 0) is 29.0 Å². The molecule has 23 heavy (non-hydrogen) atoms. The predicted molar refractivity (Wildman–Crippen MR) is 86.3 cm³/mol. The van der Waals surface area contributed by atoms with E-state index in [0.717, 1.165) is 36.0 Å². The van der Waals surface area contributed by atoms with Crippen LogP contribution < -0.4 is 0 Å². The van der Waals surface area contributed by atoms with E-state index in [1.165, 1.54) is 11.8 Å². The Morgan fingerprint density at radius 3 is 3.09 bits per heavy atom. The minimum atomic E-state index is -0.311. The van der Waals surface area contributed by atoms with Gasteiger partial charge in [0.2, 0.25) is 0 Å². The minimum absolute atomic E-state index is 0.000622. The van der Waals surface area contributed by atoms with Gasteiger partial charge in [-0.05, 0) is 30.8 Å². The fraction of sp³-hybridized carbons (Fsp3) is 0.389.